The monoisotopic (exact) mass is 520 g/mol. The lowest BCUT2D eigenvalue weighted by atomic mass is 9.92. The van der Waals surface area contributed by atoms with Crippen LogP contribution in [0.4, 0.5) is 11.4 Å². The Hall–Kier alpha value is -4.41. The molecule has 1 aliphatic heterocycles. The van der Waals surface area contributed by atoms with E-state index in [1.165, 1.54) is 54.6 Å². The van der Waals surface area contributed by atoms with Gasteiger partial charge in [0.15, 0.2) is 6.61 Å². The van der Waals surface area contributed by atoms with Gasteiger partial charge in [-0.2, -0.15) is 0 Å². The number of nitrogens with zero attached hydrogens (tertiary/aromatic N) is 2. The summed E-state index contributed by atoms with van der Waals surface area (Å²) < 4.78 is 5.51. The van der Waals surface area contributed by atoms with E-state index in [0.29, 0.717) is 9.21 Å². The molecule has 11 heteroatoms. The van der Waals surface area contributed by atoms with E-state index < -0.39 is 35.1 Å². The van der Waals surface area contributed by atoms with Crippen LogP contribution in [0.25, 0.3) is 10.8 Å². The second-order valence-corrected chi connectivity index (χ2v) is 9.43. The Morgan fingerprint density at radius 1 is 0.944 bits per heavy atom. The van der Waals surface area contributed by atoms with Crippen LogP contribution in [-0.4, -0.2) is 35.1 Å². The fourth-order valence-corrected chi connectivity index (χ4v) is 4.94. The standard InChI is InChI=1S/C25H13ClN2O7S/c26-21-11-10-20(36-21)19(29)12-35-25(32)13-4-6-14(7-5-13)27-23(30)16-3-1-2-15-18(28(33)34)9-8-17(22(15)16)24(27)31/h1-11H,12H2. The highest BCUT2D eigenvalue weighted by Gasteiger charge is 2.35. The average Bonchev–Trinajstić information content (AvgIpc) is 3.32. The maximum Gasteiger partial charge on any atom is 0.338 e. The predicted octanol–water partition coefficient (Wildman–Crippen LogP) is 5.30. The van der Waals surface area contributed by atoms with E-state index in [1.54, 1.807) is 12.1 Å². The third-order valence-corrected chi connectivity index (χ3v) is 6.90. The largest absolute Gasteiger partial charge is 0.454 e. The summed E-state index contributed by atoms with van der Waals surface area (Å²) in [5.74, 6) is -2.44. The van der Waals surface area contributed by atoms with Crippen molar-refractivity contribution in [3.8, 4) is 0 Å². The van der Waals surface area contributed by atoms with E-state index in [-0.39, 0.29) is 38.8 Å². The molecule has 3 aromatic carbocycles. The molecule has 0 bridgehead atoms. The van der Waals surface area contributed by atoms with Gasteiger partial charge in [-0.25, -0.2) is 9.69 Å². The second-order valence-electron chi connectivity index (χ2n) is 7.71. The van der Waals surface area contributed by atoms with Gasteiger partial charge in [0.05, 0.1) is 30.8 Å². The summed E-state index contributed by atoms with van der Waals surface area (Å²) in [6.45, 7) is -0.465. The van der Waals surface area contributed by atoms with Gasteiger partial charge in [0.1, 0.15) is 0 Å². The summed E-state index contributed by atoms with van der Waals surface area (Å²) >= 11 is 6.89. The molecule has 0 aliphatic carbocycles. The topological polar surface area (TPSA) is 124 Å². The van der Waals surface area contributed by atoms with E-state index in [2.05, 4.69) is 0 Å². The molecule has 2 amide bonds. The van der Waals surface area contributed by atoms with Crippen LogP contribution in [0.1, 0.15) is 40.7 Å². The van der Waals surface area contributed by atoms with Crippen molar-refractivity contribution in [1.29, 1.82) is 0 Å². The van der Waals surface area contributed by atoms with Crippen molar-refractivity contribution in [3.63, 3.8) is 0 Å². The third-order valence-electron chi connectivity index (χ3n) is 5.62. The van der Waals surface area contributed by atoms with Gasteiger partial charge in [0, 0.05) is 22.6 Å². The molecule has 0 N–H and O–H groups in total. The number of imide groups is 1. The molecule has 36 heavy (non-hydrogen) atoms. The normalized spacial score (nSPS) is 12.6. The molecule has 0 atom stereocenters. The minimum Gasteiger partial charge on any atom is -0.454 e. The fraction of sp³-hybridized carbons (Fsp3) is 0.0400. The number of hydrogen-bond acceptors (Lipinski definition) is 8. The van der Waals surface area contributed by atoms with Crippen molar-refractivity contribution < 1.29 is 28.8 Å². The maximum atomic E-state index is 13.2. The molecule has 1 aromatic heterocycles. The Labute approximate surface area is 211 Å². The smallest absolute Gasteiger partial charge is 0.338 e. The van der Waals surface area contributed by atoms with Crippen molar-refractivity contribution in [3.05, 3.63) is 103 Å². The van der Waals surface area contributed by atoms with E-state index in [9.17, 15) is 29.3 Å². The van der Waals surface area contributed by atoms with E-state index in [4.69, 9.17) is 16.3 Å². The van der Waals surface area contributed by atoms with Gasteiger partial charge < -0.3 is 4.74 Å². The number of nitro benzene ring substituents is 1. The summed E-state index contributed by atoms with van der Waals surface area (Å²) in [6, 6.07) is 15.7. The second kappa shape index (κ2) is 8.99. The van der Waals surface area contributed by atoms with Crippen LogP contribution >= 0.6 is 22.9 Å². The number of non-ortho nitro benzene ring substituents is 1. The lowest BCUT2D eigenvalue weighted by molar-refractivity contribution is -0.383. The maximum absolute atomic E-state index is 13.2. The highest BCUT2D eigenvalue weighted by atomic mass is 35.5. The van der Waals surface area contributed by atoms with Gasteiger partial charge in [-0.3, -0.25) is 24.5 Å². The average molecular weight is 521 g/mol. The molecule has 0 radical (unpaired) electrons. The minimum absolute atomic E-state index is 0.116. The first-order chi connectivity index (χ1) is 17.3. The summed E-state index contributed by atoms with van der Waals surface area (Å²) in [5, 5.41) is 11.8. The molecule has 9 nitrogen and oxygen atoms in total. The number of benzene rings is 3. The molecule has 0 unspecified atom stereocenters. The number of amides is 2. The van der Waals surface area contributed by atoms with Crippen molar-refractivity contribution in [2.75, 3.05) is 11.5 Å². The molecular weight excluding hydrogens is 508 g/mol. The van der Waals surface area contributed by atoms with Gasteiger partial charge in [-0.05, 0) is 54.6 Å². The molecule has 0 saturated carbocycles. The Bertz CT molecular complexity index is 1590. The van der Waals surface area contributed by atoms with Crippen LogP contribution in [0.15, 0.2) is 66.7 Å². The Balaban J connectivity index is 1.38. The number of thiophene rings is 1. The first-order valence-electron chi connectivity index (χ1n) is 10.4. The summed E-state index contributed by atoms with van der Waals surface area (Å²) in [4.78, 5) is 63.1. The lowest BCUT2D eigenvalue weighted by Gasteiger charge is -2.27. The number of hydrogen-bond donors (Lipinski definition) is 0. The van der Waals surface area contributed by atoms with Crippen LogP contribution in [0.2, 0.25) is 4.34 Å². The zero-order chi connectivity index (χ0) is 25.6. The summed E-state index contributed by atoms with van der Waals surface area (Å²) in [5.41, 5.74) is 0.425. The van der Waals surface area contributed by atoms with Crippen molar-refractivity contribution >= 4 is 68.7 Å². The van der Waals surface area contributed by atoms with E-state index >= 15 is 0 Å². The van der Waals surface area contributed by atoms with Gasteiger partial charge in [-0.1, -0.05) is 17.7 Å². The van der Waals surface area contributed by atoms with Gasteiger partial charge >= 0.3 is 5.97 Å². The number of carbonyl (C=O) groups is 4. The van der Waals surface area contributed by atoms with Crippen LogP contribution in [0.3, 0.4) is 0 Å². The Kier molecular flexibility index (Phi) is 5.83. The van der Waals surface area contributed by atoms with Crippen LogP contribution in [0, 0.1) is 10.1 Å². The first-order valence-corrected chi connectivity index (χ1v) is 11.6. The van der Waals surface area contributed by atoms with Crippen molar-refractivity contribution in [2.24, 2.45) is 0 Å². The van der Waals surface area contributed by atoms with Crippen molar-refractivity contribution in [2.45, 2.75) is 0 Å². The highest BCUT2D eigenvalue weighted by Crippen LogP contribution is 2.37. The summed E-state index contributed by atoms with van der Waals surface area (Å²) in [7, 11) is 0. The zero-order valence-electron chi connectivity index (χ0n) is 18.1. The summed E-state index contributed by atoms with van der Waals surface area (Å²) in [6.07, 6.45) is 0. The number of ether oxygens (including phenoxy) is 1. The highest BCUT2D eigenvalue weighted by molar-refractivity contribution is 7.18. The van der Waals surface area contributed by atoms with Gasteiger partial charge in [0.2, 0.25) is 5.78 Å². The zero-order valence-corrected chi connectivity index (χ0v) is 19.7. The molecule has 2 heterocycles. The van der Waals surface area contributed by atoms with Crippen LogP contribution in [-0.2, 0) is 4.74 Å². The number of halogens is 1. The van der Waals surface area contributed by atoms with Gasteiger partial charge in [0.25, 0.3) is 17.5 Å². The quantitative estimate of drug-likeness (QED) is 0.111. The molecule has 178 valence electrons. The Morgan fingerprint density at radius 2 is 1.64 bits per heavy atom. The van der Waals surface area contributed by atoms with E-state index in [0.717, 1.165) is 16.2 Å². The number of esters is 1. The molecule has 5 rings (SSSR count). The number of carbonyl (C=O) groups excluding carboxylic acids is 4. The predicted molar refractivity (Wildman–Crippen MR) is 132 cm³/mol. The SMILES string of the molecule is O=C(OCC(=O)c1ccc(Cl)s1)c1ccc(N2C(=O)c3cccc4c([N+](=O)[O-])ccc(c34)C2=O)cc1. The molecule has 0 spiro atoms. The minimum atomic E-state index is -0.753. The number of nitro groups is 1. The van der Waals surface area contributed by atoms with Gasteiger partial charge in [-0.15, -0.1) is 11.3 Å². The lowest BCUT2D eigenvalue weighted by Crippen LogP contribution is -2.40. The number of Topliss-reactive ketones (excluding diaryl/α,β-unsaturated/α-hetero) is 1. The molecule has 0 saturated heterocycles. The van der Waals surface area contributed by atoms with Crippen LogP contribution in [0.5, 0.6) is 0 Å². The van der Waals surface area contributed by atoms with Crippen molar-refractivity contribution in [1.82, 2.24) is 0 Å². The number of ketones is 1. The van der Waals surface area contributed by atoms with E-state index in [1.807, 2.05) is 0 Å². The molecular formula is C25H13ClN2O7S. The number of anilines is 1. The molecule has 4 aromatic rings. The molecule has 1 aliphatic rings. The number of rotatable bonds is 6. The first kappa shape index (κ1) is 23.3. The molecule has 0 fully saturated rings. The fourth-order valence-electron chi connectivity index (χ4n) is 3.97. The third kappa shape index (κ3) is 3.92. The Morgan fingerprint density at radius 3 is 2.28 bits per heavy atom. The van der Waals surface area contributed by atoms with Crippen LogP contribution < -0.4 is 4.90 Å².